The Morgan fingerprint density at radius 1 is 1.15 bits per heavy atom. The lowest BCUT2D eigenvalue weighted by molar-refractivity contribution is 0.0943. The molecule has 0 bridgehead atoms. The van der Waals surface area contributed by atoms with E-state index < -0.39 is 0 Å². The molecule has 5 nitrogen and oxygen atoms in total. The Kier molecular flexibility index (Phi) is 5.53. The first-order chi connectivity index (χ1) is 12.4. The third-order valence-corrected chi connectivity index (χ3v) is 5.98. The minimum Gasteiger partial charge on any atom is -0.497 e. The van der Waals surface area contributed by atoms with Gasteiger partial charge >= 0.3 is 0 Å². The molecule has 0 fully saturated rings. The van der Waals surface area contributed by atoms with Crippen molar-refractivity contribution in [1.82, 2.24) is 10.2 Å². The minimum atomic E-state index is -0.184. The molecule has 1 atom stereocenters. The Morgan fingerprint density at radius 2 is 1.92 bits per heavy atom. The Balaban J connectivity index is 1.72. The first-order valence-electron chi connectivity index (χ1n) is 8.81. The maximum Gasteiger partial charge on any atom is 0.261 e. The average molecular weight is 375 g/mol. The predicted octanol–water partition coefficient (Wildman–Crippen LogP) is 3.98. The standard InChI is InChI=1S/C20H26N2O3S/c1-12(2)22-10-14-8-18(26-19(14)11-22)20(23)21-13(3)16-9-15(24-4)6-7-17(16)25-5/h6-9,12-13H,10-11H2,1-5H3,(H,21,23). The van der Waals surface area contributed by atoms with E-state index >= 15 is 0 Å². The van der Waals surface area contributed by atoms with Crippen LogP contribution >= 0.6 is 11.3 Å². The smallest absolute Gasteiger partial charge is 0.261 e. The van der Waals surface area contributed by atoms with Crippen LogP contribution in [0.4, 0.5) is 0 Å². The minimum absolute atomic E-state index is 0.0436. The zero-order valence-corrected chi connectivity index (χ0v) is 16.8. The van der Waals surface area contributed by atoms with E-state index in [0.717, 1.165) is 35.0 Å². The molecule has 1 N–H and O–H groups in total. The van der Waals surface area contributed by atoms with Crippen molar-refractivity contribution in [2.24, 2.45) is 0 Å². The summed E-state index contributed by atoms with van der Waals surface area (Å²) in [7, 11) is 3.26. The van der Waals surface area contributed by atoms with Gasteiger partial charge in [-0.25, -0.2) is 0 Å². The van der Waals surface area contributed by atoms with Crippen molar-refractivity contribution in [3.8, 4) is 11.5 Å². The van der Waals surface area contributed by atoms with Crippen molar-refractivity contribution in [3.05, 3.63) is 45.1 Å². The number of nitrogens with zero attached hydrogens (tertiary/aromatic N) is 1. The number of ether oxygens (including phenoxy) is 2. The summed E-state index contributed by atoms with van der Waals surface area (Å²) in [6.45, 7) is 8.22. The van der Waals surface area contributed by atoms with Gasteiger partial charge in [-0.15, -0.1) is 11.3 Å². The molecule has 1 aromatic carbocycles. The van der Waals surface area contributed by atoms with E-state index in [1.165, 1.54) is 10.4 Å². The second-order valence-corrected chi connectivity index (χ2v) is 8.00. The van der Waals surface area contributed by atoms with E-state index in [9.17, 15) is 4.79 Å². The highest BCUT2D eigenvalue weighted by atomic mass is 32.1. The van der Waals surface area contributed by atoms with Gasteiger partial charge in [0.05, 0.1) is 25.1 Å². The van der Waals surface area contributed by atoms with E-state index in [2.05, 4.69) is 24.1 Å². The summed E-state index contributed by atoms with van der Waals surface area (Å²) in [5.74, 6) is 1.43. The molecule has 26 heavy (non-hydrogen) atoms. The Bertz CT molecular complexity index is 777. The van der Waals surface area contributed by atoms with Gasteiger partial charge in [0.25, 0.3) is 5.91 Å². The second kappa shape index (κ2) is 7.68. The molecule has 2 heterocycles. The SMILES string of the molecule is COc1ccc(OC)c(C(C)NC(=O)c2cc3c(s2)CN(C(C)C)C3)c1. The molecule has 1 unspecified atom stereocenters. The second-order valence-electron chi connectivity index (χ2n) is 6.86. The largest absolute Gasteiger partial charge is 0.497 e. The van der Waals surface area contributed by atoms with Gasteiger partial charge < -0.3 is 14.8 Å². The highest BCUT2D eigenvalue weighted by Gasteiger charge is 2.26. The number of benzene rings is 1. The number of hydrogen-bond acceptors (Lipinski definition) is 5. The van der Waals surface area contributed by atoms with Gasteiger partial charge in [0.1, 0.15) is 11.5 Å². The van der Waals surface area contributed by atoms with Gasteiger partial charge in [0, 0.05) is 29.6 Å². The summed E-state index contributed by atoms with van der Waals surface area (Å²) < 4.78 is 10.7. The molecule has 1 aliphatic rings. The number of hydrogen-bond donors (Lipinski definition) is 1. The van der Waals surface area contributed by atoms with Crippen molar-refractivity contribution in [1.29, 1.82) is 0 Å². The summed E-state index contributed by atoms with van der Waals surface area (Å²) >= 11 is 1.60. The van der Waals surface area contributed by atoms with Gasteiger partial charge in [0.2, 0.25) is 0 Å². The van der Waals surface area contributed by atoms with Crippen LogP contribution in [0.2, 0.25) is 0 Å². The van der Waals surface area contributed by atoms with Crippen LogP contribution in [0, 0.1) is 0 Å². The number of amides is 1. The molecular weight excluding hydrogens is 348 g/mol. The summed E-state index contributed by atoms with van der Waals surface area (Å²) in [5.41, 5.74) is 2.18. The van der Waals surface area contributed by atoms with Crippen molar-refractivity contribution < 1.29 is 14.3 Å². The molecular formula is C20H26N2O3S. The third-order valence-electron chi connectivity index (χ3n) is 4.82. The molecule has 0 saturated heterocycles. The number of methoxy groups -OCH3 is 2. The van der Waals surface area contributed by atoms with Gasteiger partial charge in [-0.05, 0) is 50.6 Å². The fraction of sp³-hybridized carbons (Fsp3) is 0.450. The van der Waals surface area contributed by atoms with Crippen molar-refractivity contribution in [3.63, 3.8) is 0 Å². The van der Waals surface area contributed by atoms with E-state index in [-0.39, 0.29) is 11.9 Å². The van der Waals surface area contributed by atoms with E-state index in [4.69, 9.17) is 9.47 Å². The van der Waals surface area contributed by atoms with Crippen LogP contribution in [-0.2, 0) is 13.1 Å². The summed E-state index contributed by atoms with van der Waals surface area (Å²) in [6.07, 6.45) is 0. The molecule has 1 aliphatic heterocycles. The lowest BCUT2D eigenvalue weighted by Crippen LogP contribution is -2.27. The average Bonchev–Trinajstić information content (AvgIpc) is 3.20. The molecule has 0 aliphatic carbocycles. The molecule has 0 spiro atoms. The fourth-order valence-electron chi connectivity index (χ4n) is 3.19. The van der Waals surface area contributed by atoms with Crippen molar-refractivity contribution in [2.75, 3.05) is 14.2 Å². The summed E-state index contributed by atoms with van der Waals surface area (Å²) in [5, 5.41) is 3.08. The molecule has 0 saturated carbocycles. The lowest BCUT2D eigenvalue weighted by atomic mass is 10.1. The fourth-order valence-corrected chi connectivity index (χ4v) is 4.30. The molecule has 1 aromatic heterocycles. The first-order valence-corrected chi connectivity index (χ1v) is 9.63. The predicted molar refractivity (Wildman–Crippen MR) is 104 cm³/mol. The van der Waals surface area contributed by atoms with Gasteiger partial charge in [-0.1, -0.05) is 0 Å². The topological polar surface area (TPSA) is 50.8 Å². The number of thiophene rings is 1. The Hall–Kier alpha value is -2.05. The van der Waals surface area contributed by atoms with Crippen LogP contribution in [0.15, 0.2) is 24.3 Å². The highest BCUT2D eigenvalue weighted by Crippen LogP contribution is 2.33. The van der Waals surface area contributed by atoms with Gasteiger partial charge in [0.15, 0.2) is 0 Å². The Labute approximate surface area is 158 Å². The number of rotatable bonds is 6. The molecule has 1 amide bonds. The van der Waals surface area contributed by atoms with Crippen molar-refractivity contribution >= 4 is 17.2 Å². The number of carbonyl (C=O) groups is 1. The third kappa shape index (κ3) is 3.71. The highest BCUT2D eigenvalue weighted by molar-refractivity contribution is 7.14. The quantitative estimate of drug-likeness (QED) is 0.831. The molecule has 2 aromatic rings. The monoisotopic (exact) mass is 374 g/mol. The summed E-state index contributed by atoms with van der Waals surface area (Å²) in [4.78, 5) is 17.2. The lowest BCUT2D eigenvalue weighted by Gasteiger charge is -2.19. The van der Waals surface area contributed by atoms with Gasteiger partial charge in [-0.2, -0.15) is 0 Å². The van der Waals surface area contributed by atoms with Crippen LogP contribution in [0.3, 0.4) is 0 Å². The number of carbonyl (C=O) groups excluding carboxylic acids is 1. The van der Waals surface area contributed by atoms with E-state index in [0.29, 0.717) is 6.04 Å². The first kappa shape index (κ1) is 18.7. The molecule has 140 valence electrons. The van der Waals surface area contributed by atoms with Crippen molar-refractivity contribution in [2.45, 2.75) is 45.9 Å². The normalized spacial score (nSPS) is 15.0. The maximum atomic E-state index is 12.7. The molecule has 6 heteroatoms. The summed E-state index contributed by atoms with van der Waals surface area (Å²) in [6, 6.07) is 7.98. The van der Waals surface area contributed by atoms with Crippen LogP contribution in [-0.4, -0.2) is 31.1 Å². The number of fused-ring (bicyclic) bond motifs is 1. The zero-order valence-electron chi connectivity index (χ0n) is 16.0. The van der Waals surface area contributed by atoms with E-state index in [1.807, 2.05) is 31.2 Å². The van der Waals surface area contributed by atoms with Gasteiger partial charge in [-0.3, -0.25) is 9.69 Å². The number of nitrogens with one attached hydrogen (secondary N) is 1. The van der Waals surface area contributed by atoms with Crippen LogP contribution < -0.4 is 14.8 Å². The molecule has 3 rings (SSSR count). The maximum absolute atomic E-state index is 12.7. The van der Waals surface area contributed by atoms with Crippen LogP contribution in [0.5, 0.6) is 11.5 Å². The zero-order chi connectivity index (χ0) is 18.8. The van der Waals surface area contributed by atoms with Crippen LogP contribution in [0.25, 0.3) is 0 Å². The van der Waals surface area contributed by atoms with Crippen LogP contribution in [0.1, 0.15) is 52.5 Å². The molecule has 0 radical (unpaired) electrons. The van der Waals surface area contributed by atoms with E-state index in [1.54, 1.807) is 25.6 Å². The Morgan fingerprint density at radius 3 is 2.54 bits per heavy atom.